The molecule has 2 amide bonds. The number of benzene rings is 4. The van der Waals surface area contributed by atoms with Gasteiger partial charge in [-0.1, -0.05) is 92.7 Å². The highest BCUT2D eigenvalue weighted by Gasteiger charge is 2.34. The normalized spacial score (nSPS) is 12.0. The van der Waals surface area contributed by atoms with Gasteiger partial charge in [0.1, 0.15) is 12.6 Å². The van der Waals surface area contributed by atoms with Crippen LogP contribution in [0.3, 0.4) is 0 Å². The van der Waals surface area contributed by atoms with Gasteiger partial charge in [-0.05, 0) is 76.0 Å². The van der Waals surface area contributed by atoms with Crippen molar-refractivity contribution in [2.45, 2.75) is 37.8 Å². The zero-order valence-corrected chi connectivity index (χ0v) is 27.2. The first-order chi connectivity index (χ1) is 20.6. The van der Waals surface area contributed by atoms with Crippen molar-refractivity contribution in [3.8, 4) is 0 Å². The summed E-state index contributed by atoms with van der Waals surface area (Å²) in [5, 5.41) is 3.01. The molecule has 0 aliphatic rings. The second kappa shape index (κ2) is 15.2. The minimum atomic E-state index is -4.11. The molecule has 9 heteroatoms. The number of amides is 2. The van der Waals surface area contributed by atoms with Crippen molar-refractivity contribution in [1.29, 1.82) is 0 Å². The Labute approximate surface area is 268 Å². The predicted octanol–water partition coefficient (Wildman–Crippen LogP) is 5.90. The van der Waals surface area contributed by atoms with Crippen LogP contribution in [0.4, 0.5) is 5.69 Å². The summed E-state index contributed by atoms with van der Waals surface area (Å²) in [7, 11) is -4.11. The molecule has 0 saturated carbocycles. The van der Waals surface area contributed by atoms with Crippen LogP contribution in [-0.2, 0) is 32.6 Å². The van der Waals surface area contributed by atoms with Gasteiger partial charge in [0.2, 0.25) is 11.8 Å². The lowest BCUT2D eigenvalue weighted by Gasteiger charge is -2.34. The van der Waals surface area contributed by atoms with Crippen molar-refractivity contribution in [2.75, 3.05) is 17.4 Å². The molecule has 0 aromatic heterocycles. The van der Waals surface area contributed by atoms with Gasteiger partial charge < -0.3 is 10.2 Å². The summed E-state index contributed by atoms with van der Waals surface area (Å²) in [6, 6.07) is 33.1. The minimum Gasteiger partial charge on any atom is -0.354 e. The van der Waals surface area contributed by atoms with E-state index < -0.39 is 28.5 Å². The average Bonchev–Trinajstić information content (AvgIpc) is 3.02. The van der Waals surface area contributed by atoms with Gasteiger partial charge in [0.25, 0.3) is 10.0 Å². The van der Waals surface area contributed by atoms with Crippen molar-refractivity contribution >= 4 is 50.1 Å². The number of hydrogen-bond donors (Lipinski definition) is 1. The third-order valence-corrected chi connectivity index (χ3v) is 9.38. The van der Waals surface area contributed by atoms with Gasteiger partial charge in [-0.15, -0.1) is 0 Å². The Bertz CT molecular complexity index is 1580. The Kier molecular flexibility index (Phi) is 11.4. The molecule has 0 radical (unpaired) electrons. The van der Waals surface area contributed by atoms with E-state index in [9.17, 15) is 18.0 Å². The lowest BCUT2D eigenvalue weighted by molar-refractivity contribution is -0.140. The van der Waals surface area contributed by atoms with Crippen molar-refractivity contribution in [1.82, 2.24) is 10.2 Å². The molecular weight excluding hydrogens is 673 g/mol. The molecule has 0 saturated heterocycles. The molecule has 0 spiro atoms. The molecular formula is C34H36IN3O4S. The van der Waals surface area contributed by atoms with Crippen LogP contribution in [0.25, 0.3) is 0 Å². The molecule has 7 nitrogen and oxygen atoms in total. The first kappa shape index (κ1) is 32.2. The van der Waals surface area contributed by atoms with Crippen molar-refractivity contribution in [2.24, 2.45) is 5.92 Å². The average molecular weight is 710 g/mol. The number of carbonyl (C=O) groups is 2. The number of anilines is 1. The highest BCUT2D eigenvalue weighted by molar-refractivity contribution is 14.1. The first-order valence-corrected chi connectivity index (χ1v) is 16.7. The fourth-order valence-corrected chi connectivity index (χ4v) is 6.41. The van der Waals surface area contributed by atoms with Crippen molar-refractivity contribution < 1.29 is 18.0 Å². The summed E-state index contributed by atoms with van der Waals surface area (Å²) in [6.45, 7) is 4.12. The molecule has 0 heterocycles. The van der Waals surface area contributed by atoms with Gasteiger partial charge >= 0.3 is 0 Å². The van der Waals surface area contributed by atoms with Crippen molar-refractivity contribution in [3.05, 3.63) is 130 Å². The molecule has 1 unspecified atom stereocenters. The SMILES string of the molecule is CC(C)CNC(=O)C(Cc1ccccc1)N(Cc1ccccc1)C(=O)CN(c1ccc(I)cc1)S(=O)(=O)c1ccccc1. The van der Waals surface area contributed by atoms with Crippen LogP contribution in [0, 0.1) is 9.49 Å². The monoisotopic (exact) mass is 709 g/mol. The topological polar surface area (TPSA) is 86.8 Å². The molecule has 0 aliphatic heterocycles. The Morgan fingerprint density at radius 3 is 1.86 bits per heavy atom. The Balaban J connectivity index is 1.77. The van der Waals surface area contributed by atoms with E-state index in [0.29, 0.717) is 12.2 Å². The third-order valence-electron chi connectivity index (χ3n) is 6.88. The van der Waals surface area contributed by atoms with E-state index in [1.54, 1.807) is 42.5 Å². The van der Waals surface area contributed by atoms with Gasteiger partial charge in [-0.2, -0.15) is 0 Å². The Morgan fingerprint density at radius 2 is 1.30 bits per heavy atom. The van der Waals surface area contributed by atoms with E-state index in [2.05, 4.69) is 27.9 Å². The van der Waals surface area contributed by atoms with E-state index in [1.165, 1.54) is 17.0 Å². The van der Waals surface area contributed by atoms with E-state index in [-0.39, 0.29) is 29.7 Å². The number of sulfonamides is 1. The van der Waals surface area contributed by atoms with Crippen LogP contribution in [-0.4, -0.2) is 44.3 Å². The number of nitrogens with one attached hydrogen (secondary N) is 1. The Morgan fingerprint density at radius 1 is 0.767 bits per heavy atom. The maximum atomic E-state index is 14.4. The van der Waals surface area contributed by atoms with E-state index in [4.69, 9.17) is 0 Å². The van der Waals surface area contributed by atoms with Crippen LogP contribution >= 0.6 is 22.6 Å². The predicted molar refractivity (Wildman–Crippen MR) is 179 cm³/mol. The van der Waals surface area contributed by atoms with Gasteiger partial charge in [-0.3, -0.25) is 13.9 Å². The summed E-state index contributed by atoms with van der Waals surface area (Å²) in [6.07, 6.45) is 0.276. The van der Waals surface area contributed by atoms with Gasteiger partial charge in [0.15, 0.2) is 0 Å². The van der Waals surface area contributed by atoms with E-state index >= 15 is 0 Å². The zero-order valence-electron chi connectivity index (χ0n) is 24.3. The van der Waals surface area contributed by atoms with Gasteiger partial charge in [0.05, 0.1) is 10.6 Å². The summed E-state index contributed by atoms with van der Waals surface area (Å²) in [5.74, 6) is -0.553. The summed E-state index contributed by atoms with van der Waals surface area (Å²) < 4.78 is 30.0. The molecule has 1 N–H and O–H groups in total. The lowest BCUT2D eigenvalue weighted by atomic mass is 10.0. The van der Waals surface area contributed by atoms with Gasteiger partial charge in [-0.25, -0.2) is 8.42 Å². The molecule has 1 atom stereocenters. The molecule has 0 fully saturated rings. The largest absolute Gasteiger partial charge is 0.354 e. The fourth-order valence-electron chi connectivity index (χ4n) is 4.61. The summed E-state index contributed by atoms with van der Waals surface area (Å²) >= 11 is 2.15. The minimum absolute atomic E-state index is 0.0754. The van der Waals surface area contributed by atoms with Crippen LogP contribution in [0.1, 0.15) is 25.0 Å². The molecule has 4 rings (SSSR count). The van der Waals surface area contributed by atoms with Crippen LogP contribution < -0.4 is 9.62 Å². The molecule has 4 aromatic carbocycles. The second-order valence-electron chi connectivity index (χ2n) is 10.7. The highest BCUT2D eigenvalue weighted by Crippen LogP contribution is 2.26. The lowest BCUT2D eigenvalue weighted by Crippen LogP contribution is -2.53. The quantitative estimate of drug-likeness (QED) is 0.175. The summed E-state index contributed by atoms with van der Waals surface area (Å²) in [5.41, 5.74) is 2.09. The van der Waals surface area contributed by atoms with Crippen LogP contribution in [0.2, 0.25) is 0 Å². The first-order valence-electron chi connectivity index (χ1n) is 14.1. The van der Waals surface area contributed by atoms with Crippen LogP contribution in [0.5, 0.6) is 0 Å². The van der Waals surface area contributed by atoms with Crippen molar-refractivity contribution in [3.63, 3.8) is 0 Å². The molecule has 0 aliphatic carbocycles. The molecule has 4 aromatic rings. The highest BCUT2D eigenvalue weighted by atomic mass is 127. The Hall–Kier alpha value is -3.70. The van der Waals surface area contributed by atoms with Crippen LogP contribution in [0.15, 0.2) is 120 Å². The number of carbonyl (C=O) groups excluding carboxylic acids is 2. The standard InChI is InChI=1S/C34H36IN3O4S/c1-26(2)23-36-34(40)32(22-27-12-6-3-7-13-27)37(24-28-14-8-4-9-15-28)33(39)25-38(30-20-18-29(35)19-21-30)43(41,42)31-16-10-5-11-17-31/h3-21,26,32H,22-25H2,1-2H3,(H,36,40). The third kappa shape index (κ3) is 8.90. The number of halogens is 1. The van der Waals surface area contributed by atoms with Gasteiger partial charge in [0, 0.05) is 23.1 Å². The number of hydrogen-bond acceptors (Lipinski definition) is 4. The fraction of sp³-hybridized carbons (Fsp3) is 0.235. The number of rotatable bonds is 13. The molecule has 43 heavy (non-hydrogen) atoms. The van der Waals surface area contributed by atoms with E-state index in [0.717, 1.165) is 19.0 Å². The second-order valence-corrected chi connectivity index (χ2v) is 13.8. The number of nitrogens with zero attached hydrogens (tertiary/aromatic N) is 2. The maximum absolute atomic E-state index is 14.4. The molecule has 224 valence electrons. The smallest absolute Gasteiger partial charge is 0.264 e. The van der Waals surface area contributed by atoms with E-state index in [1.807, 2.05) is 74.5 Å². The summed E-state index contributed by atoms with van der Waals surface area (Å²) in [4.78, 5) is 29.7. The maximum Gasteiger partial charge on any atom is 0.264 e. The zero-order chi connectivity index (χ0) is 30.8. The molecule has 0 bridgehead atoms.